The number of phenolic OH excluding ortho intramolecular Hbond substituents is 4. The summed E-state index contributed by atoms with van der Waals surface area (Å²) in [6.07, 6.45) is 0.484. The topological polar surface area (TPSA) is 124 Å². The maximum atomic E-state index is 12.5. The molecule has 2 aliphatic carbocycles. The van der Waals surface area contributed by atoms with Crippen LogP contribution in [0.4, 0.5) is 0 Å². The van der Waals surface area contributed by atoms with Gasteiger partial charge in [0.15, 0.2) is 11.6 Å². The van der Waals surface area contributed by atoms with E-state index in [1.54, 1.807) is 0 Å². The molecule has 2 aromatic carbocycles. The van der Waals surface area contributed by atoms with Gasteiger partial charge < -0.3 is 25.2 Å². The maximum absolute atomic E-state index is 12.5. The van der Waals surface area contributed by atoms with Crippen LogP contribution in [0.3, 0.4) is 0 Å². The first-order valence-corrected chi connectivity index (χ1v) is 8.18. The molecular formula is C20H12O7. The summed E-state index contributed by atoms with van der Waals surface area (Å²) in [5.41, 5.74) is 1.62. The Morgan fingerprint density at radius 1 is 0.852 bits per heavy atom. The Morgan fingerprint density at radius 3 is 2.19 bits per heavy atom. The molecule has 1 aliphatic heterocycles. The lowest BCUT2D eigenvalue weighted by Crippen LogP contribution is -2.22. The molecular weight excluding hydrogens is 352 g/mol. The van der Waals surface area contributed by atoms with Gasteiger partial charge in [0.05, 0.1) is 17.5 Å². The standard InChI is InChI=1S/C20H12O7/c21-7-1-9-17(11(23)3-7)13(25)5-15-19(9)20-10-2-8(22)4-12(24)18(10)14(26)6-16(20)27-15/h1-5,16,21-24H,6H2/t16-/m0/s1. The third kappa shape index (κ3) is 1.96. The molecule has 7 nitrogen and oxygen atoms in total. The van der Waals surface area contributed by atoms with Gasteiger partial charge in [-0.15, -0.1) is 0 Å². The number of Topliss-reactive ketones (excluding diaryl/α,β-unsaturated/α-hetero) is 1. The van der Waals surface area contributed by atoms with E-state index in [4.69, 9.17) is 4.74 Å². The summed E-state index contributed by atoms with van der Waals surface area (Å²) in [4.78, 5) is 24.9. The molecule has 0 fully saturated rings. The molecule has 1 atom stereocenters. The van der Waals surface area contributed by atoms with Gasteiger partial charge in [-0.3, -0.25) is 9.59 Å². The van der Waals surface area contributed by atoms with Gasteiger partial charge >= 0.3 is 0 Å². The number of fused-ring (bicyclic) bond motifs is 6. The Kier molecular flexibility index (Phi) is 2.82. The third-order valence-corrected chi connectivity index (χ3v) is 5.03. The summed E-state index contributed by atoms with van der Waals surface area (Å²) >= 11 is 0. The van der Waals surface area contributed by atoms with Crippen LogP contribution in [0.5, 0.6) is 23.0 Å². The van der Waals surface area contributed by atoms with Crippen molar-refractivity contribution in [3.63, 3.8) is 0 Å². The number of aromatic hydroxyl groups is 4. The number of carbonyl (C=O) groups excluding carboxylic acids is 2. The number of allylic oxidation sites excluding steroid dienone is 2. The molecule has 0 unspecified atom stereocenters. The molecule has 0 bridgehead atoms. The van der Waals surface area contributed by atoms with Crippen LogP contribution in [0.15, 0.2) is 36.1 Å². The maximum Gasteiger partial charge on any atom is 0.193 e. The highest BCUT2D eigenvalue weighted by molar-refractivity contribution is 6.21. The van der Waals surface area contributed by atoms with E-state index in [1.807, 2.05) is 0 Å². The van der Waals surface area contributed by atoms with Crippen molar-refractivity contribution in [1.29, 1.82) is 0 Å². The number of hydrogen-bond donors (Lipinski definition) is 4. The first-order valence-electron chi connectivity index (χ1n) is 8.18. The second kappa shape index (κ2) is 4.91. The van der Waals surface area contributed by atoms with Crippen LogP contribution < -0.4 is 0 Å². The van der Waals surface area contributed by atoms with Crippen LogP contribution >= 0.6 is 0 Å². The summed E-state index contributed by atoms with van der Waals surface area (Å²) in [5.74, 6) is -1.77. The summed E-state index contributed by atoms with van der Waals surface area (Å²) in [6.45, 7) is 0. The molecule has 27 heavy (non-hydrogen) atoms. The van der Waals surface area contributed by atoms with E-state index in [-0.39, 0.29) is 57.7 Å². The predicted octanol–water partition coefficient (Wildman–Crippen LogP) is 2.49. The first kappa shape index (κ1) is 15.5. The molecule has 0 saturated heterocycles. The van der Waals surface area contributed by atoms with E-state index < -0.39 is 11.9 Å². The predicted molar refractivity (Wildman–Crippen MR) is 92.6 cm³/mol. The SMILES string of the molecule is O=C1C=C2O[C@H]3CC(=O)c4c(O)cc(O)cc4C3=C2c2cc(O)cc(O)c21. The highest BCUT2D eigenvalue weighted by Gasteiger charge is 2.44. The molecule has 0 amide bonds. The van der Waals surface area contributed by atoms with Gasteiger partial charge in [-0.1, -0.05) is 0 Å². The molecule has 0 radical (unpaired) electrons. The average Bonchev–Trinajstić information content (AvgIpc) is 2.91. The van der Waals surface area contributed by atoms with Crippen molar-refractivity contribution in [2.75, 3.05) is 0 Å². The van der Waals surface area contributed by atoms with E-state index in [2.05, 4.69) is 0 Å². The molecule has 3 aliphatic rings. The average molecular weight is 364 g/mol. The monoisotopic (exact) mass is 364 g/mol. The van der Waals surface area contributed by atoms with Crippen LogP contribution in [-0.2, 0) is 4.74 Å². The largest absolute Gasteiger partial charge is 0.508 e. The fraction of sp³-hybridized carbons (Fsp3) is 0.100. The molecule has 134 valence electrons. The number of ketones is 2. The van der Waals surface area contributed by atoms with Gasteiger partial charge in [0.25, 0.3) is 0 Å². The van der Waals surface area contributed by atoms with Crippen molar-refractivity contribution in [2.24, 2.45) is 0 Å². The zero-order valence-electron chi connectivity index (χ0n) is 13.7. The summed E-state index contributed by atoms with van der Waals surface area (Å²) < 4.78 is 5.80. The third-order valence-electron chi connectivity index (χ3n) is 5.03. The lowest BCUT2D eigenvalue weighted by Gasteiger charge is -2.23. The highest BCUT2D eigenvalue weighted by atomic mass is 16.5. The number of hydrogen-bond acceptors (Lipinski definition) is 7. The van der Waals surface area contributed by atoms with Crippen molar-refractivity contribution in [3.05, 3.63) is 58.4 Å². The fourth-order valence-electron chi connectivity index (χ4n) is 4.05. The zero-order valence-corrected chi connectivity index (χ0v) is 13.7. The number of phenols is 4. The van der Waals surface area contributed by atoms with Gasteiger partial charge in [-0.05, 0) is 12.1 Å². The van der Waals surface area contributed by atoms with Crippen LogP contribution in [0.1, 0.15) is 38.3 Å². The van der Waals surface area contributed by atoms with Gasteiger partial charge in [0.2, 0.25) is 0 Å². The van der Waals surface area contributed by atoms with Crippen molar-refractivity contribution in [2.45, 2.75) is 12.5 Å². The van der Waals surface area contributed by atoms with Crippen LogP contribution in [0.2, 0.25) is 0 Å². The van der Waals surface area contributed by atoms with Crippen LogP contribution in [-0.4, -0.2) is 38.1 Å². The molecule has 1 heterocycles. The van der Waals surface area contributed by atoms with Gasteiger partial charge in [0.1, 0.15) is 34.9 Å². The Bertz CT molecular complexity index is 1150. The van der Waals surface area contributed by atoms with Crippen molar-refractivity contribution >= 4 is 22.7 Å². The second-order valence-corrected chi connectivity index (χ2v) is 6.67. The molecule has 2 aromatic rings. The Balaban J connectivity index is 1.90. The van der Waals surface area contributed by atoms with E-state index in [1.165, 1.54) is 18.2 Å². The first-order chi connectivity index (χ1) is 12.8. The lowest BCUT2D eigenvalue weighted by atomic mass is 9.79. The second-order valence-electron chi connectivity index (χ2n) is 6.67. The minimum atomic E-state index is -0.698. The van der Waals surface area contributed by atoms with E-state index in [9.17, 15) is 30.0 Å². The van der Waals surface area contributed by atoms with E-state index in [0.717, 1.165) is 12.1 Å². The number of rotatable bonds is 0. The Morgan fingerprint density at radius 2 is 1.48 bits per heavy atom. The Hall–Kier alpha value is -3.74. The molecule has 4 N–H and O–H groups in total. The quantitative estimate of drug-likeness (QED) is 0.566. The zero-order chi connectivity index (χ0) is 19.0. The van der Waals surface area contributed by atoms with E-state index in [0.29, 0.717) is 16.7 Å². The number of carbonyl (C=O) groups is 2. The fourth-order valence-corrected chi connectivity index (χ4v) is 4.05. The highest BCUT2D eigenvalue weighted by Crippen LogP contribution is 2.53. The summed E-state index contributed by atoms with van der Waals surface area (Å²) in [5, 5.41) is 40.1. The Labute approximate surface area is 152 Å². The molecule has 7 heteroatoms. The normalized spacial score (nSPS) is 19.7. The molecule has 0 saturated carbocycles. The molecule has 5 rings (SSSR count). The molecule has 0 aromatic heterocycles. The van der Waals surface area contributed by atoms with E-state index >= 15 is 0 Å². The number of ether oxygens (including phenoxy) is 1. The van der Waals surface area contributed by atoms with Crippen LogP contribution in [0.25, 0.3) is 11.1 Å². The molecule has 0 spiro atoms. The minimum Gasteiger partial charge on any atom is -0.508 e. The van der Waals surface area contributed by atoms with Gasteiger partial charge in [0, 0.05) is 40.5 Å². The minimum absolute atomic E-state index is 0.0196. The lowest BCUT2D eigenvalue weighted by molar-refractivity contribution is 0.0895. The van der Waals surface area contributed by atoms with Gasteiger partial charge in [-0.2, -0.15) is 0 Å². The van der Waals surface area contributed by atoms with Crippen molar-refractivity contribution in [1.82, 2.24) is 0 Å². The summed E-state index contributed by atoms with van der Waals surface area (Å²) in [7, 11) is 0. The smallest absolute Gasteiger partial charge is 0.193 e. The number of benzene rings is 2. The van der Waals surface area contributed by atoms with Crippen molar-refractivity contribution in [3.8, 4) is 23.0 Å². The summed E-state index contributed by atoms with van der Waals surface area (Å²) in [6, 6.07) is 4.86. The van der Waals surface area contributed by atoms with Crippen molar-refractivity contribution < 1.29 is 34.8 Å². The van der Waals surface area contributed by atoms with Gasteiger partial charge in [-0.25, -0.2) is 0 Å². The van der Waals surface area contributed by atoms with Crippen LogP contribution in [0, 0.1) is 0 Å².